The molecule has 1 saturated heterocycles. The summed E-state index contributed by atoms with van der Waals surface area (Å²) in [7, 11) is 2.11. The van der Waals surface area contributed by atoms with E-state index in [1.807, 2.05) is 41.8 Å². The number of benzene rings is 1. The summed E-state index contributed by atoms with van der Waals surface area (Å²) in [6.07, 6.45) is 0. The van der Waals surface area contributed by atoms with Gasteiger partial charge in [-0.2, -0.15) is 8.88 Å². The molecule has 1 aliphatic rings. The van der Waals surface area contributed by atoms with Crippen LogP contribution in [0.15, 0.2) is 46.7 Å². The van der Waals surface area contributed by atoms with E-state index < -0.39 is 10.0 Å². The molecule has 24 heavy (non-hydrogen) atoms. The Morgan fingerprint density at radius 3 is 2.58 bits per heavy atom. The molecular weight excluding hydrogens is 343 g/mol. The Balaban J connectivity index is 1.83. The molecule has 8 heteroatoms. The first-order valence-corrected chi connectivity index (χ1v) is 9.88. The Morgan fingerprint density at radius 2 is 2.00 bits per heavy atom. The van der Waals surface area contributed by atoms with Gasteiger partial charge in [0.15, 0.2) is 13.1 Å². The van der Waals surface area contributed by atoms with Crippen molar-refractivity contribution >= 4 is 39.9 Å². The third kappa shape index (κ3) is 3.26. The van der Waals surface area contributed by atoms with Crippen LogP contribution in [0, 0.1) is 0 Å². The lowest BCUT2D eigenvalue weighted by molar-refractivity contribution is -0.549. The van der Waals surface area contributed by atoms with E-state index in [1.54, 1.807) is 12.1 Å². The summed E-state index contributed by atoms with van der Waals surface area (Å²) in [6.45, 7) is 3.03. The van der Waals surface area contributed by atoms with Crippen molar-refractivity contribution < 1.29 is 18.1 Å². The SMILES string of the molecule is [B]c1ccc(S(=O)(=O)N2CC[N+](=C(O)c3ccccc3)CC2C)s1. The number of thiophene rings is 1. The highest BCUT2D eigenvalue weighted by atomic mass is 32.2. The Kier molecular flexibility index (Phi) is 4.80. The summed E-state index contributed by atoms with van der Waals surface area (Å²) in [6, 6.07) is 12.2. The van der Waals surface area contributed by atoms with Gasteiger partial charge in [-0.25, -0.2) is 8.42 Å². The van der Waals surface area contributed by atoms with E-state index in [0.29, 0.717) is 24.4 Å². The molecule has 2 aromatic rings. The van der Waals surface area contributed by atoms with Crippen molar-refractivity contribution in [2.45, 2.75) is 17.2 Å². The number of nitrogens with zero attached hydrogens (tertiary/aromatic N) is 2. The Bertz CT molecular complexity index is 862. The van der Waals surface area contributed by atoms with Gasteiger partial charge in [-0.3, -0.25) is 0 Å². The predicted octanol–water partition coefficient (Wildman–Crippen LogP) is 0.952. The second-order valence-corrected chi connectivity index (χ2v) is 8.99. The summed E-state index contributed by atoms with van der Waals surface area (Å²) >= 11 is 1.07. The molecule has 0 amide bonds. The highest BCUT2D eigenvalue weighted by Crippen LogP contribution is 2.23. The fourth-order valence-electron chi connectivity index (χ4n) is 2.85. The van der Waals surface area contributed by atoms with Gasteiger partial charge in [0.1, 0.15) is 12.1 Å². The molecule has 1 aromatic carbocycles. The second kappa shape index (κ2) is 6.70. The second-order valence-electron chi connectivity index (χ2n) is 5.76. The fraction of sp³-hybridized carbons (Fsp3) is 0.312. The highest BCUT2D eigenvalue weighted by molar-refractivity contribution is 7.91. The molecule has 1 unspecified atom stereocenters. The minimum atomic E-state index is -3.55. The Morgan fingerprint density at radius 1 is 1.29 bits per heavy atom. The lowest BCUT2D eigenvalue weighted by Gasteiger charge is -2.30. The lowest BCUT2D eigenvalue weighted by Crippen LogP contribution is -2.52. The van der Waals surface area contributed by atoms with Gasteiger partial charge in [0.05, 0.1) is 18.2 Å². The summed E-state index contributed by atoms with van der Waals surface area (Å²) in [5.41, 5.74) is 0.729. The first-order valence-electron chi connectivity index (χ1n) is 7.63. The number of hydrogen-bond donors (Lipinski definition) is 1. The molecule has 2 radical (unpaired) electrons. The summed E-state index contributed by atoms with van der Waals surface area (Å²) in [5.74, 6) is 0.180. The van der Waals surface area contributed by atoms with Gasteiger partial charge in [0.25, 0.3) is 10.0 Å². The maximum Gasteiger partial charge on any atom is 0.367 e. The number of sulfonamides is 1. The summed E-state index contributed by atoms with van der Waals surface area (Å²) < 4.78 is 29.5. The molecule has 1 N–H and O–H groups in total. The molecule has 1 fully saturated rings. The molecule has 0 aliphatic carbocycles. The van der Waals surface area contributed by atoms with E-state index in [0.717, 1.165) is 16.9 Å². The first-order chi connectivity index (χ1) is 11.4. The number of rotatable bonds is 3. The Labute approximate surface area is 147 Å². The fourth-order valence-corrected chi connectivity index (χ4v) is 5.68. The third-order valence-corrected chi connectivity index (χ3v) is 7.46. The van der Waals surface area contributed by atoms with Crippen molar-refractivity contribution in [1.29, 1.82) is 0 Å². The minimum Gasteiger partial charge on any atom is -0.460 e. The van der Waals surface area contributed by atoms with Crippen LogP contribution in [-0.2, 0) is 10.0 Å². The zero-order chi connectivity index (χ0) is 17.3. The van der Waals surface area contributed by atoms with Crippen molar-refractivity contribution in [2.75, 3.05) is 19.6 Å². The van der Waals surface area contributed by atoms with Crippen LogP contribution < -0.4 is 4.78 Å². The van der Waals surface area contributed by atoms with E-state index in [9.17, 15) is 13.5 Å². The van der Waals surface area contributed by atoms with E-state index in [-0.39, 0.29) is 16.1 Å². The number of piperazine rings is 1. The molecular formula is C16H18BN2O3S2+. The van der Waals surface area contributed by atoms with Gasteiger partial charge in [0.2, 0.25) is 0 Å². The number of hydrogen-bond acceptors (Lipinski definition) is 3. The third-order valence-electron chi connectivity index (χ3n) is 4.06. The van der Waals surface area contributed by atoms with Crippen LogP contribution in [0.1, 0.15) is 12.5 Å². The van der Waals surface area contributed by atoms with Crippen molar-refractivity contribution in [3.63, 3.8) is 0 Å². The molecule has 124 valence electrons. The van der Waals surface area contributed by atoms with Crippen molar-refractivity contribution in [1.82, 2.24) is 4.31 Å². The smallest absolute Gasteiger partial charge is 0.367 e. The van der Waals surface area contributed by atoms with Crippen molar-refractivity contribution in [2.24, 2.45) is 0 Å². The van der Waals surface area contributed by atoms with Crippen LogP contribution in [0.3, 0.4) is 0 Å². The van der Waals surface area contributed by atoms with E-state index in [4.69, 9.17) is 7.85 Å². The van der Waals surface area contributed by atoms with E-state index >= 15 is 0 Å². The van der Waals surface area contributed by atoms with Crippen LogP contribution in [0.2, 0.25) is 0 Å². The topological polar surface area (TPSA) is 60.6 Å². The molecule has 1 atom stereocenters. The molecule has 0 spiro atoms. The molecule has 0 bridgehead atoms. The van der Waals surface area contributed by atoms with Crippen LogP contribution in [-0.4, -0.2) is 61.8 Å². The molecule has 2 heterocycles. The van der Waals surface area contributed by atoms with E-state index in [2.05, 4.69) is 0 Å². The lowest BCUT2D eigenvalue weighted by atomic mass is 10.1. The van der Waals surface area contributed by atoms with Gasteiger partial charge < -0.3 is 5.11 Å². The maximum atomic E-state index is 12.8. The zero-order valence-corrected chi connectivity index (χ0v) is 14.9. The van der Waals surface area contributed by atoms with Crippen LogP contribution in [0.4, 0.5) is 0 Å². The van der Waals surface area contributed by atoms with Gasteiger partial charge in [-0.05, 0) is 29.9 Å². The summed E-state index contributed by atoms with van der Waals surface area (Å²) in [4.78, 5) is 0. The molecule has 3 rings (SSSR count). The van der Waals surface area contributed by atoms with Crippen LogP contribution in [0.5, 0.6) is 0 Å². The maximum absolute atomic E-state index is 12.8. The van der Waals surface area contributed by atoms with Gasteiger partial charge >= 0.3 is 5.90 Å². The van der Waals surface area contributed by atoms with Gasteiger partial charge in [-0.1, -0.05) is 24.3 Å². The molecule has 1 aromatic heterocycles. The molecule has 0 saturated carbocycles. The van der Waals surface area contributed by atoms with E-state index in [1.165, 1.54) is 4.31 Å². The monoisotopic (exact) mass is 361 g/mol. The molecule has 5 nitrogen and oxygen atoms in total. The van der Waals surface area contributed by atoms with Crippen LogP contribution >= 0.6 is 11.3 Å². The summed E-state index contributed by atoms with van der Waals surface area (Å²) in [5, 5.41) is 10.4. The number of aliphatic hydroxyl groups excluding tert-OH is 1. The first kappa shape index (κ1) is 17.2. The van der Waals surface area contributed by atoms with Crippen molar-refractivity contribution in [3.05, 3.63) is 48.0 Å². The highest BCUT2D eigenvalue weighted by Gasteiger charge is 2.37. The van der Waals surface area contributed by atoms with Gasteiger partial charge in [0, 0.05) is 0 Å². The minimum absolute atomic E-state index is 0.180. The zero-order valence-electron chi connectivity index (χ0n) is 13.3. The average Bonchev–Trinajstić information content (AvgIpc) is 3.02. The van der Waals surface area contributed by atoms with Crippen molar-refractivity contribution in [3.8, 4) is 0 Å². The van der Waals surface area contributed by atoms with Gasteiger partial charge in [-0.15, -0.1) is 11.3 Å². The van der Waals surface area contributed by atoms with Crippen LogP contribution in [0.25, 0.3) is 0 Å². The molecule has 1 aliphatic heterocycles. The standard InChI is InChI=1S/C16H17BN2O3S2/c1-12-11-18(16(20)13-5-3-2-4-6-13)9-10-19(12)24(21,22)15-8-7-14(17)23-15/h2-8,12H,9-11H2,1H3/p+1. The largest absolute Gasteiger partial charge is 0.460 e. The normalized spacial score (nSPS) is 21.6. The average molecular weight is 361 g/mol. The number of aliphatic hydroxyl groups is 1. The Hall–Kier alpha value is -1.64. The quantitative estimate of drug-likeness (QED) is 0.503. The predicted molar refractivity (Wildman–Crippen MR) is 96.2 cm³/mol.